The quantitative estimate of drug-likeness (QED) is 0.832. The summed E-state index contributed by atoms with van der Waals surface area (Å²) in [6.07, 6.45) is 2.25. The van der Waals surface area contributed by atoms with Crippen molar-refractivity contribution in [2.45, 2.75) is 45.6 Å². The molecule has 1 N–H and O–H groups in total. The third kappa shape index (κ3) is 3.30. The molecule has 0 bridgehead atoms. The second kappa shape index (κ2) is 6.46. The van der Waals surface area contributed by atoms with Gasteiger partial charge in [-0.2, -0.15) is 5.26 Å². The average Bonchev–Trinajstić information content (AvgIpc) is 2.49. The Morgan fingerprint density at radius 3 is 2.52 bits per heavy atom. The molecule has 2 nitrogen and oxygen atoms in total. The SMILES string of the molecule is CC(C)C1CCC(C#N)(C(O)c2cc(F)ccc2Br)CC1. The van der Waals surface area contributed by atoms with Crippen molar-refractivity contribution in [3.63, 3.8) is 0 Å². The van der Waals surface area contributed by atoms with Crippen LogP contribution in [0.1, 0.15) is 51.2 Å². The molecular weight excluding hydrogens is 333 g/mol. The van der Waals surface area contributed by atoms with E-state index in [1.165, 1.54) is 12.1 Å². The molecule has 0 radical (unpaired) electrons. The van der Waals surface area contributed by atoms with Gasteiger partial charge in [0.2, 0.25) is 0 Å². The third-order valence-electron chi connectivity index (χ3n) is 4.86. The molecule has 2 rings (SSSR count). The fourth-order valence-corrected chi connectivity index (χ4v) is 3.75. The first kappa shape index (κ1) is 16.5. The lowest BCUT2D eigenvalue weighted by Gasteiger charge is -2.39. The van der Waals surface area contributed by atoms with Crippen molar-refractivity contribution < 1.29 is 9.50 Å². The summed E-state index contributed by atoms with van der Waals surface area (Å²) in [6, 6.07) is 6.57. The Balaban J connectivity index is 2.26. The largest absolute Gasteiger partial charge is 0.387 e. The van der Waals surface area contributed by atoms with Gasteiger partial charge in [0.05, 0.1) is 17.6 Å². The molecule has 114 valence electrons. The van der Waals surface area contributed by atoms with Gasteiger partial charge in [0.25, 0.3) is 0 Å². The molecule has 1 fully saturated rings. The smallest absolute Gasteiger partial charge is 0.123 e. The van der Waals surface area contributed by atoms with Crippen molar-refractivity contribution in [3.8, 4) is 6.07 Å². The number of hydrogen-bond acceptors (Lipinski definition) is 2. The molecule has 0 heterocycles. The first-order chi connectivity index (χ1) is 9.89. The van der Waals surface area contributed by atoms with Crippen LogP contribution in [0.4, 0.5) is 4.39 Å². The monoisotopic (exact) mass is 353 g/mol. The molecule has 4 heteroatoms. The molecule has 1 saturated carbocycles. The van der Waals surface area contributed by atoms with E-state index in [9.17, 15) is 14.8 Å². The second-order valence-electron chi connectivity index (χ2n) is 6.42. The van der Waals surface area contributed by atoms with Crippen LogP contribution in [0.5, 0.6) is 0 Å². The van der Waals surface area contributed by atoms with Crippen molar-refractivity contribution in [2.75, 3.05) is 0 Å². The Bertz CT molecular complexity index is 544. The minimum atomic E-state index is -0.958. The van der Waals surface area contributed by atoms with Gasteiger partial charge in [0.1, 0.15) is 5.82 Å². The zero-order valence-electron chi connectivity index (χ0n) is 12.4. The number of aliphatic hydroxyl groups excluding tert-OH is 1. The molecule has 1 unspecified atom stereocenters. The Labute approximate surface area is 134 Å². The van der Waals surface area contributed by atoms with E-state index in [2.05, 4.69) is 35.8 Å². The molecular formula is C17H21BrFNO. The normalized spacial score (nSPS) is 27.4. The van der Waals surface area contributed by atoms with Crippen LogP contribution < -0.4 is 0 Å². The van der Waals surface area contributed by atoms with Crippen molar-refractivity contribution in [2.24, 2.45) is 17.3 Å². The number of benzene rings is 1. The van der Waals surface area contributed by atoms with Crippen LogP contribution >= 0.6 is 15.9 Å². The molecule has 1 aromatic rings. The van der Waals surface area contributed by atoms with Crippen LogP contribution in [-0.2, 0) is 0 Å². The van der Waals surface area contributed by atoms with Crippen LogP contribution in [0.3, 0.4) is 0 Å². The van der Waals surface area contributed by atoms with E-state index in [1.54, 1.807) is 6.07 Å². The Kier molecular flexibility index (Phi) is 5.06. The maximum absolute atomic E-state index is 13.5. The predicted molar refractivity (Wildman–Crippen MR) is 83.9 cm³/mol. The molecule has 1 aliphatic rings. The lowest BCUT2D eigenvalue weighted by atomic mass is 9.65. The van der Waals surface area contributed by atoms with E-state index in [1.807, 2.05) is 0 Å². The summed E-state index contributed by atoms with van der Waals surface area (Å²) in [4.78, 5) is 0. The molecule has 1 atom stereocenters. The van der Waals surface area contributed by atoms with Crippen molar-refractivity contribution in [1.29, 1.82) is 5.26 Å². The van der Waals surface area contributed by atoms with Gasteiger partial charge in [0.15, 0.2) is 0 Å². The summed E-state index contributed by atoms with van der Waals surface area (Å²) >= 11 is 3.35. The summed E-state index contributed by atoms with van der Waals surface area (Å²) in [6.45, 7) is 4.40. The standard InChI is InChI=1S/C17H21BrFNO/c1-11(2)12-5-7-17(10-20,8-6-12)16(21)14-9-13(19)3-4-15(14)18/h3-4,9,11-12,16,21H,5-8H2,1-2H3. The van der Waals surface area contributed by atoms with Crippen molar-refractivity contribution >= 4 is 15.9 Å². The Morgan fingerprint density at radius 1 is 1.38 bits per heavy atom. The summed E-state index contributed by atoms with van der Waals surface area (Å²) < 4.78 is 14.1. The Morgan fingerprint density at radius 2 is 2.00 bits per heavy atom. The minimum Gasteiger partial charge on any atom is -0.387 e. The Hall–Kier alpha value is -0.920. The number of nitriles is 1. The summed E-state index contributed by atoms with van der Waals surface area (Å²) in [5.41, 5.74) is -0.332. The van der Waals surface area contributed by atoms with Gasteiger partial charge in [-0.1, -0.05) is 29.8 Å². The summed E-state index contributed by atoms with van der Waals surface area (Å²) in [7, 11) is 0. The molecule has 21 heavy (non-hydrogen) atoms. The average molecular weight is 354 g/mol. The third-order valence-corrected chi connectivity index (χ3v) is 5.59. The number of aliphatic hydroxyl groups is 1. The van der Waals surface area contributed by atoms with Crippen LogP contribution in [0.25, 0.3) is 0 Å². The lowest BCUT2D eigenvalue weighted by Crippen LogP contribution is -2.34. The molecule has 0 aliphatic heterocycles. The minimum absolute atomic E-state index is 0.392. The van der Waals surface area contributed by atoms with Gasteiger partial charge in [-0.05, 0) is 61.3 Å². The fraction of sp³-hybridized carbons (Fsp3) is 0.588. The van der Waals surface area contributed by atoms with E-state index < -0.39 is 17.3 Å². The zero-order valence-corrected chi connectivity index (χ0v) is 14.0. The van der Waals surface area contributed by atoms with Crippen LogP contribution in [0.15, 0.2) is 22.7 Å². The van der Waals surface area contributed by atoms with Gasteiger partial charge in [-0.3, -0.25) is 0 Å². The van der Waals surface area contributed by atoms with Crippen molar-refractivity contribution in [1.82, 2.24) is 0 Å². The van der Waals surface area contributed by atoms with Gasteiger partial charge in [-0.15, -0.1) is 0 Å². The van der Waals surface area contributed by atoms with Gasteiger partial charge in [-0.25, -0.2) is 4.39 Å². The zero-order chi connectivity index (χ0) is 15.6. The van der Waals surface area contributed by atoms with Crippen LogP contribution in [0.2, 0.25) is 0 Å². The first-order valence-electron chi connectivity index (χ1n) is 7.44. The fourth-order valence-electron chi connectivity index (χ4n) is 3.29. The summed E-state index contributed by atoms with van der Waals surface area (Å²) in [5.74, 6) is 0.811. The van der Waals surface area contributed by atoms with E-state index in [4.69, 9.17) is 0 Å². The molecule has 1 aliphatic carbocycles. The molecule has 0 saturated heterocycles. The molecule has 0 spiro atoms. The highest BCUT2D eigenvalue weighted by atomic mass is 79.9. The predicted octanol–water partition coefficient (Wildman–Crippen LogP) is 4.98. The highest BCUT2D eigenvalue weighted by Gasteiger charge is 2.43. The van der Waals surface area contributed by atoms with Crippen LogP contribution in [0, 0.1) is 34.4 Å². The van der Waals surface area contributed by atoms with E-state index >= 15 is 0 Å². The number of halogens is 2. The highest BCUT2D eigenvalue weighted by molar-refractivity contribution is 9.10. The van der Waals surface area contributed by atoms with Crippen LogP contribution in [-0.4, -0.2) is 5.11 Å². The molecule has 0 aromatic heterocycles. The first-order valence-corrected chi connectivity index (χ1v) is 8.23. The summed E-state index contributed by atoms with van der Waals surface area (Å²) in [5, 5.41) is 20.3. The second-order valence-corrected chi connectivity index (χ2v) is 7.27. The van der Waals surface area contributed by atoms with E-state index in [0.29, 0.717) is 34.7 Å². The van der Waals surface area contributed by atoms with Crippen molar-refractivity contribution in [3.05, 3.63) is 34.1 Å². The maximum atomic E-state index is 13.5. The van der Waals surface area contributed by atoms with E-state index in [-0.39, 0.29) is 0 Å². The highest BCUT2D eigenvalue weighted by Crippen LogP contribution is 2.49. The molecule has 1 aromatic carbocycles. The topological polar surface area (TPSA) is 44.0 Å². The number of rotatable bonds is 3. The lowest BCUT2D eigenvalue weighted by molar-refractivity contribution is 0.0184. The van der Waals surface area contributed by atoms with Gasteiger partial charge < -0.3 is 5.11 Å². The number of nitrogens with zero attached hydrogens (tertiary/aromatic N) is 1. The maximum Gasteiger partial charge on any atom is 0.123 e. The van der Waals surface area contributed by atoms with Gasteiger partial charge >= 0.3 is 0 Å². The number of hydrogen-bond donors (Lipinski definition) is 1. The van der Waals surface area contributed by atoms with Gasteiger partial charge in [0, 0.05) is 4.47 Å². The molecule has 0 amide bonds. The van der Waals surface area contributed by atoms with E-state index in [0.717, 1.165) is 12.8 Å².